The molecule has 2 aromatic carbocycles. The number of hydrogen-bond acceptors (Lipinski definition) is 3. The number of aryl methyl sites for hydroxylation is 1. The van der Waals surface area contributed by atoms with Crippen LogP contribution in [0.1, 0.15) is 30.0 Å². The van der Waals surface area contributed by atoms with Gasteiger partial charge in [0.2, 0.25) is 5.91 Å². The minimum Gasteiger partial charge on any atom is -0.345 e. The number of aromatic nitrogens is 2. The molecule has 0 saturated heterocycles. The predicted octanol–water partition coefficient (Wildman–Crippen LogP) is 2.94. The zero-order valence-electron chi connectivity index (χ0n) is 14.2. The van der Waals surface area contributed by atoms with Gasteiger partial charge in [-0.1, -0.05) is 18.2 Å². The second kappa shape index (κ2) is 7.17. The van der Waals surface area contributed by atoms with Crippen LogP contribution in [0.5, 0.6) is 0 Å². The summed E-state index contributed by atoms with van der Waals surface area (Å²) in [5.41, 5.74) is 3.06. The molecule has 0 aliphatic rings. The second-order valence-electron chi connectivity index (χ2n) is 5.71. The Hall–Kier alpha value is -3.15. The van der Waals surface area contributed by atoms with E-state index in [2.05, 4.69) is 27.1 Å². The summed E-state index contributed by atoms with van der Waals surface area (Å²) in [5.74, 6) is 0.436. The molecule has 6 heteroatoms. The standard InChI is InChI=1S/C19H20N4O2/c1-3-23-17-10-5-4-9-16(17)22-18(23)12-20-19(25)14-7-6-8-15(11-14)21-13(2)24/h4-11H,3,12H2,1-2H3,(H,20,25)(H,21,24). The van der Waals surface area contributed by atoms with Gasteiger partial charge in [-0.2, -0.15) is 0 Å². The van der Waals surface area contributed by atoms with E-state index in [1.165, 1.54) is 6.92 Å². The summed E-state index contributed by atoms with van der Waals surface area (Å²) in [6.07, 6.45) is 0. The molecule has 25 heavy (non-hydrogen) atoms. The first-order chi connectivity index (χ1) is 12.1. The van der Waals surface area contributed by atoms with Crippen LogP contribution in [0, 0.1) is 0 Å². The number of imidazole rings is 1. The highest BCUT2D eigenvalue weighted by atomic mass is 16.2. The maximum absolute atomic E-state index is 12.4. The summed E-state index contributed by atoms with van der Waals surface area (Å²) in [7, 11) is 0. The first-order valence-corrected chi connectivity index (χ1v) is 8.18. The lowest BCUT2D eigenvalue weighted by Crippen LogP contribution is -2.24. The molecule has 3 aromatic rings. The van der Waals surface area contributed by atoms with Gasteiger partial charge in [0.05, 0.1) is 17.6 Å². The first kappa shape index (κ1) is 16.7. The van der Waals surface area contributed by atoms with Crippen LogP contribution in [0.2, 0.25) is 0 Å². The predicted molar refractivity (Wildman–Crippen MR) is 97.3 cm³/mol. The number of hydrogen-bond donors (Lipinski definition) is 2. The summed E-state index contributed by atoms with van der Waals surface area (Å²) in [6.45, 7) is 4.60. The molecule has 0 unspecified atom stereocenters. The van der Waals surface area contributed by atoms with Crippen molar-refractivity contribution in [3.05, 3.63) is 59.9 Å². The van der Waals surface area contributed by atoms with Gasteiger partial charge in [0.15, 0.2) is 0 Å². The number of para-hydroxylation sites is 2. The van der Waals surface area contributed by atoms with E-state index in [9.17, 15) is 9.59 Å². The van der Waals surface area contributed by atoms with Crippen molar-refractivity contribution in [3.8, 4) is 0 Å². The van der Waals surface area contributed by atoms with Crippen molar-refractivity contribution in [1.29, 1.82) is 0 Å². The monoisotopic (exact) mass is 336 g/mol. The highest BCUT2D eigenvalue weighted by Crippen LogP contribution is 2.16. The van der Waals surface area contributed by atoms with Crippen molar-refractivity contribution < 1.29 is 9.59 Å². The molecular weight excluding hydrogens is 316 g/mol. The van der Waals surface area contributed by atoms with Crippen LogP contribution in [0.4, 0.5) is 5.69 Å². The summed E-state index contributed by atoms with van der Waals surface area (Å²) in [4.78, 5) is 28.1. The number of nitrogens with one attached hydrogen (secondary N) is 2. The van der Waals surface area contributed by atoms with E-state index in [4.69, 9.17) is 0 Å². The van der Waals surface area contributed by atoms with Crippen LogP contribution in [-0.4, -0.2) is 21.4 Å². The fraction of sp³-hybridized carbons (Fsp3) is 0.211. The number of nitrogens with zero attached hydrogens (tertiary/aromatic N) is 2. The van der Waals surface area contributed by atoms with Crippen LogP contribution in [-0.2, 0) is 17.9 Å². The van der Waals surface area contributed by atoms with Crippen LogP contribution in [0.3, 0.4) is 0 Å². The fourth-order valence-electron chi connectivity index (χ4n) is 2.82. The van der Waals surface area contributed by atoms with Gasteiger partial charge in [0, 0.05) is 24.7 Å². The van der Waals surface area contributed by atoms with E-state index < -0.39 is 0 Å². The van der Waals surface area contributed by atoms with E-state index >= 15 is 0 Å². The topological polar surface area (TPSA) is 76.0 Å². The Morgan fingerprint density at radius 3 is 2.68 bits per heavy atom. The summed E-state index contributed by atoms with van der Waals surface area (Å²) in [6, 6.07) is 14.8. The molecule has 2 N–H and O–H groups in total. The van der Waals surface area contributed by atoms with Crippen LogP contribution in [0.25, 0.3) is 11.0 Å². The lowest BCUT2D eigenvalue weighted by atomic mass is 10.2. The molecule has 0 bridgehead atoms. The van der Waals surface area contributed by atoms with E-state index in [-0.39, 0.29) is 11.8 Å². The van der Waals surface area contributed by atoms with Crippen molar-refractivity contribution in [2.24, 2.45) is 0 Å². The molecule has 3 rings (SSSR count). The number of carbonyl (C=O) groups is 2. The smallest absolute Gasteiger partial charge is 0.251 e. The van der Waals surface area contributed by atoms with Crippen molar-refractivity contribution in [2.75, 3.05) is 5.32 Å². The number of carbonyl (C=O) groups excluding carboxylic acids is 2. The van der Waals surface area contributed by atoms with Crippen molar-refractivity contribution in [1.82, 2.24) is 14.9 Å². The minimum absolute atomic E-state index is 0.172. The molecule has 1 heterocycles. The summed E-state index contributed by atoms with van der Waals surface area (Å²) < 4.78 is 2.09. The molecule has 128 valence electrons. The molecule has 1 aromatic heterocycles. The number of benzene rings is 2. The molecule has 6 nitrogen and oxygen atoms in total. The van der Waals surface area contributed by atoms with Gasteiger partial charge in [-0.3, -0.25) is 9.59 Å². The molecule has 0 atom stereocenters. The van der Waals surface area contributed by atoms with Crippen LogP contribution < -0.4 is 10.6 Å². The molecule has 0 aliphatic heterocycles. The fourth-order valence-corrected chi connectivity index (χ4v) is 2.82. The number of anilines is 1. The van der Waals surface area contributed by atoms with E-state index in [0.717, 1.165) is 23.4 Å². The van der Waals surface area contributed by atoms with Crippen LogP contribution in [0.15, 0.2) is 48.5 Å². The lowest BCUT2D eigenvalue weighted by Gasteiger charge is -2.09. The van der Waals surface area contributed by atoms with E-state index in [1.807, 2.05) is 24.3 Å². The molecule has 0 aliphatic carbocycles. The SMILES string of the molecule is CCn1c(CNC(=O)c2cccc(NC(C)=O)c2)nc2ccccc21. The average Bonchev–Trinajstić information content (AvgIpc) is 2.96. The maximum Gasteiger partial charge on any atom is 0.251 e. The Kier molecular flexibility index (Phi) is 4.79. The van der Waals surface area contributed by atoms with Crippen molar-refractivity contribution >= 4 is 28.5 Å². The third-order valence-corrected chi connectivity index (χ3v) is 3.90. The largest absolute Gasteiger partial charge is 0.345 e. The molecule has 2 amide bonds. The zero-order valence-corrected chi connectivity index (χ0v) is 14.2. The maximum atomic E-state index is 12.4. The van der Waals surface area contributed by atoms with Crippen molar-refractivity contribution in [2.45, 2.75) is 26.9 Å². The Morgan fingerprint density at radius 1 is 1.12 bits per heavy atom. The quantitative estimate of drug-likeness (QED) is 0.752. The Morgan fingerprint density at radius 2 is 1.92 bits per heavy atom. The number of fused-ring (bicyclic) bond motifs is 1. The minimum atomic E-state index is -0.207. The molecule has 0 radical (unpaired) electrons. The van der Waals surface area contributed by atoms with Gasteiger partial charge in [0.25, 0.3) is 5.91 Å². The molecule has 0 fully saturated rings. The van der Waals surface area contributed by atoms with Gasteiger partial charge in [-0.25, -0.2) is 4.98 Å². The Labute approximate surface area is 145 Å². The second-order valence-corrected chi connectivity index (χ2v) is 5.71. The van der Waals surface area contributed by atoms with Crippen molar-refractivity contribution in [3.63, 3.8) is 0 Å². The summed E-state index contributed by atoms with van der Waals surface area (Å²) in [5, 5.41) is 5.57. The van der Waals surface area contributed by atoms with E-state index in [1.54, 1.807) is 24.3 Å². The van der Waals surface area contributed by atoms with Gasteiger partial charge in [-0.05, 0) is 37.3 Å². The van der Waals surface area contributed by atoms with Gasteiger partial charge >= 0.3 is 0 Å². The first-order valence-electron chi connectivity index (χ1n) is 8.18. The van der Waals surface area contributed by atoms with Gasteiger partial charge < -0.3 is 15.2 Å². The Bertz CT molecular complexity index is 930. The molecular formula is C19H20N4O2. The number of rotatable bonds is 5. The summed E-state index contributed by atoms with van der Waals surface area (Å²) >= 11 is 0. The molecule has 0 saturated carbocycles. The Balaban J connectivity index is 1.75. The highest BCUT2D eigenvalue weighted by molar-refractivity contribution is 5.96. The van der Waals surface area contributed by atoms with Gasteiger partial charge in [0.1, 0.15) is 5.82 Å². The lowest BCUT2D eigenvalue weighted by molar-refractivity contribution is -0.114. The number of amides is 2. The molecule has 0 spiro atoms. The van der Waals surface area contributed by atoms with Gasteiger partial charge in [-0.15, -0.1) is 0 Å². The third-order valence-electron chi connectivity index (χ3n) is 3.90. The third kappa shape index (κ3) is 3.68. The van der Waals surface area contributed by atoms with Crippen LogP contribution >= 0.6 is 0 Å². The highest BCUT2D eigenvalue weighted by Gasteiger charge is 2.11. The zero-order chi connectivity index (χ0) is 17.8. The van der Waals surface area contributed by atoms with E-state index in [0.29, 0.717) is 17.8 Å². The normalized spacial score (nSPS) is 10.6. The average molecular weight is 336 g/mol.